The molecule has 0 unspecified atom stereocenters. The Hall–Kier alpha value is -1.93. The molecule has 1 aliphatic heterocycles. The van der Waals surface area contributed by atoms with Crippen LogP contribution in [0.1, 0.15) is 5.56 Å². The van der Waals surface area contributed by atoms with Crippen LogP contribution < -0.4 is 4.90 Å². The van der Waals surface area contributed by atoms with Crippen LogP contribution in [0.5, 0.6) is 0 Å². The molecule has 2 rings (SSSR count). The minimum absolute atomic E-state index is 0.446. The van der Waals surface area contributed by atoms with E-state index in [9.17, 15) is 13.2 Å². The lowest BCUT2D eigenvalue weighted by Crippen LogP contribution is -2.48. The van der Waals surface area contributed by atoms with Gasteiger partial charge in [-0.2, -0.15) is 4.31 Å². The number of anilines is 1. The zero-order valence-electron chi connectivity index (χ0n) is 11.6. The molecule has 21 heavy (non-hydrogen) atoms. The van der Waals surface area contributed by atoms with Crippen LogP contribution in [-0.4, -0.2) is 61.2 Å². The molecule has 1 fully saturated rings. The van der Waals surface area contributed by atoms with Crippen LogP contribution in [0, 0.1) is 0 Å². The second-order valence-electron chi connectivity index (χ2n) is 4.77. The van der Waals surface area contributed by atoms with Crippen molar-refractivity contribution in [2.24, 2.45) is 0 Å². The van der Waals surface area contributed by atoms with Gasteiger partial charge in [-0.3, -0.25) is 0 Å². The fourth-order valence-electron chi connectivity index (χ4n) is 2.10. The first-order chi connectivity index (χ1) is 9.86. The van der Waals surface area contributed by atoms with Crippen LogP contribution in [0.4, 0.5) is 5.82 Å². The highest BCUT2D eigenvalue weighted by Gasteiger charge is 2.23. The maximum absolute atomic E-state index is 11.4. The van der Waals surface area contributed by atoms with Crippen molar-refractivity contribution in [2.75, 3.05) is 37.3 Å². The number of hydrogen-bond acceptors (Lipinski definition) is 5. The third-order valence-electron chi connectivity index (χ3n) is 3.22. The number of rotatable bonds is 4. The van der Waals surface area contributed by atoms with Gasteiger partial charge < -0.3 is 10.0 Å². The summed E-state index contributed by atoms with van der Waals surface area (Å²) >= 11 is 0. The molecule has 1 aromatic heterocycles. The maximum Gasteiger partial charge on any atom is 0.328 e. The fraction of sp³-hybridized carbons (Fsp3) is 0.385. The summed E-state index contributed by atoms with van der Waals surface area (Å²) in [5.74, 6) is -0.244. The topological polar surface area (TPSA) is 90.8 Å². The smallest absolute Gasteiger partial charge is 0.328 e. The summed E-state index contributed by atoms with van der Waals surface area (Å²) in [6, 6.07) is 3.59. The monoisotopic (exact) mass is 311 g/mol. The van der Waals surface area contributed by atoms with E-state index in [1.165, 1.54) is 16.6 Å². The van der Waals surface area contributed by atoms with Gasteiger partial charge in [-0.1, -0.05) is 0 Å². The summed E-state index contributed by atoms with van der Waals surface area (Å²) in [6.07, 6.45) is 5.34. The van der Waals surface area contributed by atoms with Crippen molar-refractivity contribution in [3.05, 3.63) is 30.0 Å². The number of carboxylic acid groups (broad SMARTS) is 1. The SMILES string of the molecule is CS(=O)(=O)N1CCN(c2ccc(/C=C/C(=O)O)cn2)CC1. The first-order valence-electron chi connectivity index (χ1n) is 6.43. The van der Waals surface area contributed by atoms with Gasteiger partial charge in [-0.15, -0.1) is 0 Å². The molecule has 1 aromatic rings. The summed E-state index contributed by atoms with van der Waals surface area (Å²) in [4.78, 5) is 16.7. The van der Waals surface area contributed by atoms with E-state index in [-0.39, 0.29) is 0 Å². The van der Waals surface area contributed by atoms with E-state index >= 15 is 0 Å². The molecule has 1 N–H and O–H groups in total. The van der Waals surface area contributed by atoms with Crippen LogP contribution in [0.25, 0.3) is 6.08 Å². The summed E-state index contributed by atoms with van der Waals surface area (Å²) < 4.78 is 24.3. The van der Waals surface area contributed by atoms with E-state index in [1.54, 1.807) is 18.3 Å². The van der Waals surface area contributed by atoms with Crippen molar-refractivity contribution < 1.29 is 18.3 Å². The van der Waals surface area contributed by atoms with E-state index in [1.807, 2.05) is 4.90 Å². The fourth-order valence-corrected chi connectivity index (χ4v) is 2.93. The molecule has 0 saturated carbocycles. The molecule has 8 heteroatoms. The molecule has 0 aromatic carbocycles. The largest absolute Gasteiger partial charge is 0.478 e. The third-order valence-corrected chi connectivity index (χ3v) is 4.52. The van der Waals surface area contributed by atoms with Gasteiger partial charge in [0, 0.05) is 38.5 Å². The second-order valence-corrected chi connectivity index (χ2v) is 6.75. The number of nitrogens with zero attached hydrogens (tertiary/aromatic N) is 3. The van der Waals surface area contributed by atoms with Crippen molar-refractivity contribution in [3.8, 4) is 0 Å². The van der Waals surface area contributed by atoms with E-state index in [4.69, 9.17) is 5.11 Å². The minimum Gasteiger partial charge on any atom is -0.478 e. The van der Waals surface area contributed by atoms with Gasteiger partial charge in [0.2, 0.25) is 10.0 Å². The van der Waals surface area contributed by atoms with E-state index in [2.05, 4.69) is 4.98 Å². The summed E-state index contributed by atoms with van der Waals surface area (Å²) in [6.45, 7) is 2.07. The van der Waals surface area contributed by atoms with Gasteiger partial charge in [0.25, 0.3) is 0 Å². The summed E-state index contributed by atoms with van der Waals surface area (Å²) in [7, 11) is -3.13. The molecule has 0 radical (unpaired) electrons. The predicted molar refractivity (Wildman–Crippen MR) is 79.5 cm³/mol. The highest BCUT2D eigenvalue weighted by molar-refractivity contribution is 7.88. The number of hydrogen-bond donors (Lipinski definition) is 1. The van der Waals surface area contributed by atoms with Crippen molar-refractivity contribution in [1.82, 2.24) is 9.29 Å². The van der Waals surface area contributed by atoms with Crippen molar-refractivity contribution >= 4 is 27.9 Å². The van der Waals surface area contributed by atoms with E-state index < -0.39 is 16.0 Å². The Labute approximate surface area is 123 Å². The average molecular weight is 311 g/mol. The number of pyridine rings is 1. The molecule has 1 aliphatic rings. The normalized spacial score (nSPS) is 17.3. The van der Waals surface area contributed by atoms with Gasteiger partial charge in [-0.05, 0) is 23.8 Å². The van der Waals surface area contributed by atoms with Crippen molar-refractivity contribution in [2.45, 2.75) is 0 Å². The van der Waals surface area contributed by atoms with Crippen LogP contribution >= 0.6 is 0 Å². The molecular weight excluding hydrogens is 294 g/mol. The van der Waals surface area contributed by atoms with Crippen molar-refractivity contribution in [3.63, 3.8) is 0 Å². The van der Waals surface area contributed by atoms with Gasteiger partial charge >= 0.3 is 5.97 Å². The summed E-state index contributed by atoms with van der Waals surface area (Å²) in [5, 5.41) is 8.55. The molecule has 0 aliphatic carbocycles. The molecule has 0 amide bonds. The Balaban J connectivity index is 1.99. The number of carboxylic acids is 1. The Morgan fingerprint density at radius 1 is 1.29 bits per heavy atom. The zero-order chi connectivity index (χ0) is 15.5. The first kappa shape index (κ1) is 15.5. The van der Waals surface area contributed by atoms with Crippen LogP contribution in [0.3, 0.4) is 0 Å². The predicted octanol–water partition coefficient (Wildman–Crippen LogP) is 0.261. The minimum atomic E-state index is -3.13. The van der Waals surface area contributed by atoms with Crippen LogP contribution in [0.15, 0.2) is 24.4 Å². The molecule has 2 heterocycles. The van der Waals surface area contributed by atoms with Crippen LogP contribution in [0.2, 0.25) is 0 Å². The second kappa shape index (κ2) is 6.23. The van der Waals surface area contributed by atoms with Gasteiger partial charge in [0.15, 0.2) is 0 Å². The first-order valence-corrected chi connectivity index (χ1v) is 8.28. The Kier molecular flexibility index (Phi) is 4.59. The number of piperazine rings is 1. The summed E-state index contributed by atoms with van der Waals surface area (Å²) in [5.41, 5.74) is 0.705. The van der Waals surface area contributed by atoms with E-state index in [0.717, 1.165) is 11.9 Å². The lowest BCUT2D eigenvalue weighted by molar-refractivity contribution is -0.131. The number of aromatic nitrogens is 1. The van der Waals surface area contributed by atoms with Gasteiger partial charge in [0.05, 0.1) is 6.26 Å². The van der Waals surface area contributed by atoms with Gasteiger partial charge in [-0.25, -0.2) is 18.2 Å². The number of sulfonamides is 1. The zero-order valence-corrected chi connectivity index (χ0v) is 12.5. The third kappa shape index (κ3) is 4.27. The number of aliphatic carboxylic acids is 1. The average Bonchev–Trinajstić information content (AvgIpc) is 2.45. The standard InChI is InChI=1S/C13H17N3O4S/c1-21(19,20)16-8-6-15(7-9-16)12-4-2-11(10-14-12)3-5-13(17)18/h2-5,10H,6-9H2,1H3,(H,17,18)/b5-3+. The lowest BCUT2D eigenvalue weighted by atomic mass is 10.2. The molecule has 0 atom stereocenters. The Morgan fingerprint density at radius 3 is 2.43 bits per heavy atom. The Morgan fingerprint density at radius 2 is 1.95 bits per heavy atom. The molecule has 1 saturated heterocycles. The lowest BCUT2D eigenvalue weighted by Gasteiger charge is -2.33. The molecule has 0 spiro atoms. The molecular formula is C13H17N3O4S. The van der Waals surface area contributed by atoms with Crippen molar-refractivity contribution in [1.29, 1.82) is 0 Å². The molecule has 114 valence electrons. The van der Waals surface area contributed by atoms with E-state index in [0.29, 0.717) is 31.7 Å². The molecule has 0 bridgehead atoms. The van der Waals surface area contributed by atoms with Crippen LogP contribution in [-0.2, 0) is 14.8 Å². The Bertz CT molecular complexity index is 632. The highest BCUT2D eigenvalue weighted by atomic mass is 32.2. The quantitative estimate of drug-likeness (QED) is 0.802. The highest BCUT2D eigenvalue weighted by Crippen LogP contribution is 2.15. The number of carbonyl (C=O) groups is 1. The molecule has 7 nitrogen and oxygen atoms in total. The maximum atomic E-state index is 11.4. The van der Waals surface area contributed by atoms with Gasteiger partial charge in [0.1, 0.15) is 5.82 Å².